The molecule has 1 heterocycles. The van der Waals surface area contributed by atoms with E-state index in [0.717, 1.165) is 10.6 Å². The summed E-state index contributed by atoms with van der Waals surface area (Å²) >= 11 is 6.16. The van der Waals surface area contributed by atoms with Gasteiger partial charge in [-0.1, -0.05) is 59.2 Å². The van der Waals surface area contributed by atoms with Crippen molar-refractivity contribution in [3.63, 3.8) is 0 Å². The zero-order valence-corrected chi connectivity index (χ0v) is 18.3. The van der Waals surface area contributed by atoms with Crippen LogP contribution in [0, 0.1) is 0 Å². The lowest BCUT2D eigenvalue weighted by Gasteiger charge is -2.29. The number of aromatic nitrogens is 2. The van der Waals surface area contributed by atoms with E-state index in [1.807, 2.05) is 0 Å². The minimum Gasteiger partial charge on any atom is -0.337 e. The lowest BCUT2D eigenvalue weighted by molar-refractivity contribution is -0.134. The van der Waals surface area contributed by atoms with Crippen LogP contribution in [0.1, 0.15) is 17.5 Å². The van der Waals surface area contributed by atoms with Gasteiger partial charge in [0.05, 0.1) is 17.8 Å². The van der Waals surface area contributed by atoms with Crippen LogP contribution in [0.3, 0.4) is 0 Å². The number of carbonyl (C=O) groups excluding carboxylic acids is 1. The van der Waals surface area contributed by atoms with Gasteiger partial charge in [0.1, 0.15) is 6.04 Å². The fourth-order valence-electron chi connectivity index (χ4n) is 2.90. The average molecular weight is 449 g/mol. The number of rotatable bonds is 7. The van der Waals surface area contributed by atoms with E-state index >= 15 is 0 Å². The van der Waals surface area contributed by atoms with Crippen LogP contribution < -0.4 is 0 Å². The predicted molar refractivity (Wildman–Crippen MR) is 113 cm³/mol. The van der Waals surface area contributed by atoms with Gasteiger partial charge in [-0.2, -0.15) is 9.29 Å². The van der Waals surface area contributed by atoms with Crippen molar-refractivity contribution < 1.29 is 17.7 Å². The lowest BCUT2D eigenvalue weighted by Crippen LogP contribution is -2.41. The van der Waals surface area contributed by atoms with Gasteiger partial charge in [-0.15, -0.1) is 0 Å². The Kier molecular flexibility index (Phi) is 6.55. The Morgan fingerprint density at radius 1 is 1.10 bits per heavy atom. The first-order chi connectivity index (χ1) is 14.2. The second kappa shape index (κ2) is 8.95. The molecule has 10 heteroatoms. The first kappa shape index (κ1) is 21.9. The number of benzene rings is 2. The molecule has 0 aliphatic rings. The third kappa shape index (κ3) is 4.86. The van der Waals surface area contributed by atoms with Crippen molar-refractivity contribution >= 4 is 27.5 Å². The molecule has 3 aromatic rings. The molecule has 0 fully saturated rings. The van der Waals surface area contributed by atoms with Crippen molar-refractivity contribution in [3.05, 3.63) is 71.1 Å². The number of hydrogen-bond acceptors (Lipinski definition) is 6. The molecular weight excluding hydrogens is 428 g/mol. The third-order valence-electron chi connectivity index (χ3n) is 4.57. The SMILES string of the molecule is CN(Cc1nc(-c2ccccc2Cl)no1)C(=O)C(c1ccccc1)N(C)S(C)(=O)=O. The normalized spacial score (nSPS) is 12.7. The van der Waals surface area contributed by atoms with Crippen LogP contribution >= 0.6 is 11.6 Å². The lowest BCUT2D eigenvalue weighted by atomic mass is 10.1. The Morgan fingerprint density at radius 2 is 1.73 bits per heavy atom. The smallest absolute Gasteiger partial charge is 0.246 e. The Balaban J connectivity index is 1.84. The van der Waals surface area contributed by atoms with Crippen molar-refractivity contribution in [1.82, 2.24) is 19.3 Å². The molecular formula is C20H21ClN4O4S. The topological polar surface area (TPSA) is 96.6 Å². The number of likely N-dealkylation sites (N-methyl/N-ethyl adjacent to an activating group) is 2. The van der Waals surface area contributed by atoms with E-state index in [0.29, 0.717) is 22.0 Å². The minimum atomic E-state index is -3.62. The Bertz CT molecular complexity index is 1130. The second-order valence-electron chi connectivity index (χ2n) is 6.78. The molecule has 1 unspecified atom stereocenters. The van der Waals surface area contributed by atoms with Gasteiger partial charge in [-0.05, 0) is 17.7 Å². The molecule has 0 saturated carbocycles. The van der Waals surface area contributed by atoms with E-state index in [2.05, 4.69) is 10.1 Å². The van der Waals surface area contributed by atoms with Crippen molar-refractivity contribution in [3.8, 4) is 11.4 Å². The van der Waals surface area contributed by atoms with Crippen molar-refractivity contribution in [1.29, 1.82) is 0 Å². The molecule has 0 aliphatic carbocycles. The number of nitrogens with zero attached hydrogens (tertiary/aromatic N) is 4. The summed E-state index contributed by atoms with van der Waals surface area (Å²) in [7, 11) is -0.693. The molecule has 30 heavy (non-hydrogen) atoms. The summed E-state index contributed by atoms with van der Waals surface area (Å²) in [5, 5.41) is 4.40. The monoisotopic (exact) mass is 448 g/mol. The van der Waals surface area contributed by atoms with Gasteiger partial charge in [0.15, 0.2) is 0 Å². The molecule has 0 bridgehead atoms. The van der Waals surface area contributed by atoms with Crippen LogP contribution in [-0.2, 0) is 21.4 Å². The third-order valence-corrected chi connectivity index (χ3v) is 6.15. The van der Waals surface area contributed by atoms with Gasteiger partial charge < -0.3 is 9.42 Å². The van der Waals surface area contributed by atoms with Gasteiger partial charge in [-0.3, -0.25) is 4.79 Å². The van der Waals surface area contributed by atoms with E-state index in [1.165, 1.54) is 11.9 Å². The number of amides is 1. The first-order valence-corrected chi connectivity index (χ1v) is 11.2. The van der Waals surface area contributed by atoms with Crippen LogP contribution in [0.2, 0.25) is 5.02 Å². The molecule has 3 rings (SSSR count). The molecule has 1 aromatic heterocycles. The number of halogens is 1. The fraction of sp³-hybridized carbons (Fsp3) is 0.250. The molecule has 158 valence electrons. The highest BCUT2D eigenvalue weighted by atomic mass is 35.5. The van der Waals surface area contributed by atoms with E-state index in [4.69, 9.17) is 16.1 Å². The Labute approximate surface area is 180 Å². The largest absolute Gasteiger partial charge is 0.337 e. The summed E-state index contributed by atoms with van der Waals surface area (Å²) in [5.74, 6) is 0.0884. The highest BCUT2D eigenvalue weighted by Crippen LogP contribution is 2.26. The molecule has 1 atom stereocenters. The van der Waals surface area contributed by atoms with Crippen molar-refractivity contribution in [2.45, 2.75) is 12.6 Å². The highest BCUT2D eigenvalue weighted by Gasteiger charge is 2.33. The summed E-state index contributed by atoms with van der Waals surface area (Å²) in [6.45, 7) is 0.0111. The molecule has 2 aromatic carbocycles. The van der Waals surface area contributed by atoms with Crippen molar-refractivity contribution in [2.24, 2.45) is 0 Å². The van der Waals surface area contributed by atoms with Crippen LogP contribution in [0.4, 0.5) is 0 Å². The zero-order chi connectivity index (χ0) is 21.9. The molecule has 1 amide bonds. The molecule has 0 aliphatic heterocycles. The van der Waals surface area contributed by atoms with Crippen LogP contribution in [-0.4, -0.2) is 54.0 Å². The van der Waals surface area contributed by atoms with E-state index < -0.39 is 22.0 Å². The van der Waals surface area contributed by atoms with Crippen LogP contribution in [0.15, 0.2) is 59.1 Å². The summed E-state index contributed by atoms with van der Waals surface area (Å²) in [4.78, 5) is 18.8. The summed E-state index contributed by atoms with van der Waals surface area (Å²) in [6, 6.07) is 14.8. The van der Waals surface area contributed by atoms with Crippen LogP contribution in [0.25, 0.3) is 11.4 Å². The summed E-state index contributed by atoms with van der Waals surface area (Å²) in [5.41, 5.74) is 1.17. The van der Waals surface area contributed by atoms with Gasteiger partial charge in [0.25, 0.3) is 0 Å². The molecule has 0 N–H and O–H groups in total. The standard InChI is InChI=1S/C20H21ClN4O4S/c1-24(13-17-22-19(23-29-17)15-11-7-8-12-16(15)21)20(26)18(25(2)30(3,27)28)14-9-5-4-6-10-14/h4-12,18H,13H2,1-3H3. The average Bonchev–Trinajstić information content (AvgIpc) is 3.16. The maximum absolute atomic E-state index is 13.2. The van der Waals surface area contributed by atoms with Crippen molar-refractivity contribution in [2.75, 3.05) is 20.4 Å². The molecule has 0 saturated heterocycles. The minimum absolute atomic E-state index is 0.0111. The maximum atomic E-state index is 13.2. The number of sulfonamides is 1. The molecule has 8 nitrogen and oxygen atoms in total. The summed E-state index contributed by atoms with van der Waals surface area (Å²) < 4.78 is 30.6. The Morgan fingerprint density at radius 3 is 2.37 bits per heavy atom. The van der Waals surface area contributed by atoms with Crippen LogP contribution in [0.5, 0.6) is 0 Å². The summed E-state index contributed by atoms with van der Waals surface area (Å²) in [6.07, 6.45) is 1.06. The maximum Gasteiger partial charge on any atom is 0.246 e. The number of carbonyl (C=O) groups is 1. The van der Waals surface area contributed by atoms with Gasteiger partial charge in [0, 0.05) is 19.7 Å². The van der Waals surface area contributed by atoms with Gasteiger partial charge in [0.2, 0.25) is 27.6 Å². The van der Waals surface area contributed by atoms with Gasteiger partial charge in [-0.25, -0.2) is 8.42 Å². The van der Waals surface area contributed by atoms with E-state index in [9.17, 15) is 13.2 Å². The first-order valence-electron chi connectivity index (χ1n) is 8.99. The number of hydrogen-bond donors (Lipinski definition) is 0. The fourth-order valence-corrected chi connectivity index (χ4v) is 3.71. The molecule has 0 spiro atoms. The second-order valence-corrected chi connectivity index (χ2v) is 9.23. The quantitative estimate of drug-likeness (QED) is 0.551. The Hall–Kier alpha value is -2.75. The van der Waals surface area contributed by atoms with Gasteiger partial charge >= 0.3 is 0 Å². The highest BCUT2D eigenvalue weighted by molar-refractivity contribution is 7.88. The van der Waals surface area contributed by atoms with E-state index in [-0.39, 0.29) is 12.4 Å². The molecule has 0 radical (unpaired) electrons. The predicted octanol–water partition coefficient (Wildman–Crippen LogP) is 2.98. The van der Waals surface area contributed by atoms with E-state index in [1.54, 1.807) is 61.6 Å². The zero-order valence-electron chi connectivity index (χ0n) is 16.7.